The smallest absolute Gasteiger partial charge is 0.350 e. The van der Waals surface area contributed by atoms with E-state index < -0.39 is 27.3 Å². The van der Waals surface area contributed by atoms with E-state index in [0.717, 1.165) is 20.6 Å². The van der Waals surface area contributed by atoms with Gasteiger partial charge in [-0.2, -0.15) is 16.1 Å². The van der Waals surface area contributed by atoms with Crippen LogP contribution < -0.4 is 5.69 Å². The number of rotatable bonds is 4. The Bertz CT molecular complexity index is 1010. The van der Waals surface area contributed by atoms with Crippen LogP contribution in [0.1, 0.15) is 20.8 Å². The molecule has 0 aromatic carbocycles. The van der Waals surface area contributed by atoms with E-state index in [1.807, 2.05) is 0 Å². The molecule has 1 saturated heterocycles. The molecular weight excluding hydrogens is 392 g/mol. The predicted octanol–water partition coefficient (Wildman–Crippen LogP) is 0.575. The lowest BCUT2D eigenvalue weighted by atomic mass is 10.2. The molecule has 0 spiro atoms. The van der Waals surface area contributed by atoms with Crippen LogP contribution >= 0.6 is 11.8 Å². The third-order valence-corrected chi connectivity index (χ3v) is 6.68. The fourth-order valence-corrected chi connectivity index (χ4v) is 5.26. The molecule has 3 heterocycles. The Morgan fingerprint density at radius 1 is 1.26 bits per heavy atom. The molecular formula is C16H22N4O5S2. The summed E-state index contributed by atoms with van der Waals surface area (Å²) in [5, 5.41) is 4.07. The van der Waals surface area contributed by atoms with E-state index in [1.54, 1.807) is 32.5 Å². The molecule has 2 aromatic rings. The van der Waals surface area contributed by atoms with Crippen LogP contribution in [0.15, 0.2) is 28.0 Å². The van der Waals surface area contributed by atoms with Gasteiger partial charge >= 0.3 is 11.7 Å². The average Bonchev–Trinajstić information content (AvgIpc) is 2.89. The monoisotopic (exact) mass is 414 g/mol. The highest BCUT2D eigenvalue weighted by Crippen LogP contribution is 2.20. The van der Waals surface area contributed by atoms with Gasteiger partial charge in [-0.3, -0.25) is 4.79 Å². The van der Waals surface area contributed by atoms with Crippen molar-refractivity contribution in [2.24, 2.45) is 0 Å². The summed E-state index contributed by atoms with van der Waals surface area (Å²) >= 11 is 1.71. The van der Waals surface area contributed by atoms with Gasteiger partial charge in [0.25, 0.3) is 0 Å². The second-order valence-electron chi connectivity index (χ2n) is 7.14. The predicted molar refractivity (Wildman–Crippen MR) is 101 cm³/mol. The first kappa shape index (κ1) is 19.9. The van der Waals surface area contributed by atoms with Crippen LogP contribution in [0, 0.1) is 0 Å². The number of esters is 1. The molecule has 1 aliphatic rings. The van der Waals surface area contributed by atoms with E-state index in [1.165, 1.54) is 22.6 Å². The highest BCUT2D eigenvalue weighted by Gasteiger charge is 2.27. The second-order valence-corrected chi connectivity index (χ2v) is 10.3. The Morgan fingerprint density at radius 3 is 2.56 bits per heavy atom. The van der Waals surface area contributed by atoms with E-state index in [9.17, 15) is 18.0 Å². The third kappa shape index (κ3) is 4.36. The van der Waals surface area contributed by atoms with Crippen LogP contribution in [0.4, 0.5) is 0 Å². The highest BCUT2D eigenvalue weighted by molar-refractivity contribution is 7.99. The third-order valence-electron chi connectivity index (χ3n) is 3.86. The zero-order valence-corrected chi connectivity index (χ0v) is 17.0. The normalized spacial score (nSPS) is 16.6. The van der Waals surface area contributed by atoms with Crippen LogP contribution in [0.25, 0.3) is 5.65 Å². The van der Waals surface area contributed by atoms with Gasteiger partial charge in [0.05, 0.1) is 4.90 Å². The number of fused-ring (bicyclic) bond motifs is 1. The average molecular weight is 415 g/mol. The van der Waals surface area contributed by atoms with Gasteiger partial charge in [0, 0.05) is 30.8 Å². The van der Waals surface area contributed by atoms with Gasteiger partial charge in [-0.05, 0) is 32.9 Å². The van der Waals surface area contributed by atoms with Crippen molar-refractivity contribution in [2.45, 2.75) is 37.8 Å². The number of thioether (sulfide) groups is 1. The number of sulfonamides is 1. The Morgan fingerprint density at radius 2 is 1.93 bits per heavy atom. The van der Waals surface area contributed by atoms with Gasteiger partial charge in [0.1, 0.15) is 12.1 Å². The second kappa shape index (κ2) is 7.28. The molecule has 3 rings (SSSR count). The number of pyridine rings is 1. The number of nitrogens with zero attached hydrogens (tertiary/aromatic N) is 4. The van der Waals surface area contributed by atoms with Gasteiger partial charge in [-0.15, -0.1) is 5.10 Å². The van der Waals surface area contributed by atoms with Crippen LogP contribution in [0.5, 0.6) is 0 Å². The summed E-state index contributed by atoms with van der Waals surface area (Å²) in [4.78, 5) is 24.5. The maximum Gasteiger partial charge on any atom is 0.350 e. The molecule has 0 amide bonds. The van der Waals surface area contributed by atoms with E-state index >= 15 is 0 Å². The molecule has 9 nitrogen and oxygen atoms in total. The molecule has 27 heavy (non-hydrogen) atoms. The zero-order chi connectivity index (χ0) is 19.8. The van der Waals surface area contributed by atoms with Crippen LogP contribution in [-0.2, 0) is 26.1 Å². The molecule has 0 aliphatic carbocycles. The molecule has 0 atom stereocenters. The Labute approximate surface area is 161 Å². The molecule has 0 bridgehead atoms. The van der Waals surface area contributed by atoms with Crippen LogP contribution in [-0.4, -0.2) is 63.1 Å². The van der Waals surface area contributed by atoms with Gasteiger partial charge in [-0.25, -0.2) is 22.3 Å². The minimum atomic E-state index is -3.68. The molecule has 0 saturated carbocycles. The molecule has 11 heteroatoms. The van der Waals surface area contributed by atoms with Crippen molar-refractivity contribution in [1.29, 1.82) is 0 Å². The number of hydrogen-bond donors (Lipinski definition) is 0. The fraction of sp³-hybridized carbons (Fsp3) is 0.562. The summed E-state index contributed by atoms with van der Waals surface area (Å²) in [6.07, 6.45) is 1.26. The maximum atomic E-state index is 12.8. The minimum absolute atomic E-state index is 0.0285. The number of carbonyl (C=O) groups excluding carboxylic acids is 1. The molecule has 1 fully saturated rings. The van der Waals surface area contributed by atoms with Crippen molar-refractivity contribution in [1.82, 2.24) is 18.5 Å². The summed E-state index contributed by atoms with van der Waals surface area (Å²) in [7, 11) is -3.68. The van der Waals surface area contributed by atoms with Crippen molar-refractivity contribution in [3.05, 3.63) is 28.8 Å². The quantitative estimate of drug-likeness (QED) is 0.674. The van der Waals surface area contributed by atoms with Crippen molar-refractivity contribution in [3.8, 4) is 0 Å². The number of carbonyl (C=O) groups is 1. The van der Waals surface area contributed by atoms with Crippen molar-refractivity contribution >= 4 is 33.4 Å². The van der Waals surface area contributed by atoms with Crippen LogP contribution in [0.2, 0.25) is 0 Å². The van der Waals surface area contributed by atoms with E-state index in [4.69, 9.17) is 4.74 Å². The molecule has 1 aliphatic heterocycles. The number of hydrogen-bond acceptors (Lipinski definition) is 7. The summed E-state index contributed by atoms with van der Waals surface area (Å²) in [6.45, 7) is 5.73. The Kier molecular flexibility index (Phi) is 5.37. The largest absolute Gasteiger partial charge is 0.459 e. The minimum Gasteiger partial charge on any atom is -0.459 e. The van der Waals surface area contributed by atoms with Crippen LogP contribution in [0.3, 0.4) is 0 Å². The maximum absolute atomic E-state index is 12.8. The van der Waals surface area contributed by atoms with Crippen molar-refractivity contribution in [2.75, 3.05) is 24.6 Å². The number of aromatic nitrogens is 3. The van der Waals surface area contributed by atoms with E-state index in [0.29, 0.717) is 13.1 Å². The first-order valence-electron chi connectivity index (χ1n) is 8.47. The lowest BCUT2D eigenvalue weighted by molar-refractivity contribution is -0.155. The lowest BCUT2D eigenvalue weighted by Crippen LogP contribution is -2.38. The summed E-state index contributed by atoms with van der Waals surface area (Å²) < 4.78 is 34.3. The zero-order valence-electron chi connectivity index (χ0n) is 15.4. The first-order chi connectivity index (χ1) is 12.6. The van der Waals surface area contributed by atoms with Gasteiger partial charge in [0.15, 0.2) is 5.65 Å². The summed E-state index contributed by atoms with van der Waals surface area (Å²) in [5.41, 5.74) is -1.01. The Hall–Kier alpha value is -1.85. The molecule has 0 radical (unpaired) electrons. The molecule has 0 N–H and O–H groups in total. The van der Waals surface area contributed by atoms with Gasteiger partial charge in [0.2, 0.25) is 10.0 Å². The summed E-state index contributed by atoms with van der Waals surface area (Å²) in [5.74, 6) is 0.900. The van der Waals surface area contributed by atoms with Gasteiger partial charge in [-0.1, -0.05) is 0 Å². The standard InChI is InChI=1S/C16H22N4O5S2/c1-16(2,3)25-14(21)11-20-15(22)19-10-12(4-5-13(19)17-20)27(23,24)18-6-8-26-9-7-18/h4-5,10H,6-9,11H2,1-3H3. The van der Waals surface area contributed by atoms with Gasteiger partial charge < -0.3 is 4.74 Å². The number of ether oxygens (including phenoxy) is 1. The molecule has 2 aromatic heterocycles. The SMILES string of the molecule is CC(C)(C)OC(=O)Cn1nc2ccc(S(=O)(=O)N3CCSCC3)cn2c1=O. The van der Waals surface area contributed by atoms with Crippen molar-refractivity contribution in [3.63, 3.8) is 0 Å². The topological polar surface area (TPSA) is 103 Å². The Balaban J connectivity index is 1.91. The highest BCUT2D eigenvalue weighted by atomic mass is 32.2. The first-order valence-corrected chi connectivity index (χ1v) is 11.1. The molecule has 0 unspecified atom stereocenters. The van der Waals surface area contributed by atoms with E-state index in [2.05, 4.69) is 5.10 Å². The molecule has 148 valence electrons. The lowest BCUT2D eigenvalue weighted by Gasteiger charge is -2.25. The summed E-state index contributed by atoms with van der Waals surface area (Å²) in [6, 6.07) is 2.88. The van der Waals surface area contributed by atoms with Crippen molar-refractivity contribution < 1.29 is 17.9 Å². The fourth-order valence-electron chi connectivity index (χ4n) is 2.69. The van der Waals surface area contributed by atoms with E-state index in [-0.39, 0.29) is 17.1 Å².